The zero-order valence-electron chi connectivity index (χ0n) is 14.5. The van der Waals surface area contributed by atoms with E-state index < -0.39 is 10.0 Å². The fraction of sp³-hybridized carbons (Fsp3) is 0.316. The molecule has 3 rings (SSSR count). The van der Waals surface area contributed by atoms with Crippen LogP contribution in [-0.2, 0) is 10.0 Å². The normalized spacial score (nSPS) is 17.8. The standard InChI is InChI=1S/C19H21ClN2O3S/c1-14-6-5-11-22(13-14)19(23)15-9-10-17(20)18(12-15)26(24,25)21-16-7-3-2-4-8-16/h2-4,7-10,12,14,21H,5-6,11,13H2,1H3/t14-/m0/s1. The number of piperidine rings is 1. The zero-order valence-corrected chi connectivity index (χ0v) is 16.1. The molecule has 7 heteroatoms. The van der Waals surface area contributed by atoms with Crippen molar-refractivity contribution in [1.29, 1.82) is 0 Å². The summed E-state index contributed by atoms with van der Waals surface area (Å²) in [6.07, 6.45) is 2.06. The predicted molar refractivity (Wildman–Crippen MR) is 103 cm³/mol. The van der Waals surface area contributed by atoms with Gasteiger partial charge >= 0.3 is 0 Å². The number of sulfonamides is 1. The molecule has 0 unspecified atom stereocenters. The van der Waals surface area contributed by atoms with Crippen LogP contribution >= 0.6 is 11.6 Å². The Labute approximate surface area is 159 Å². The maximum Gasteiger partial charge on any atom is 0.263 e. The molecule has 0 radical (unpaired) electrons. The number of para-hydroxylation sites is 1. The number of amides is 1. The maximum atomic E-state index is 12.8. The van der Waals surface area contributed by atoms with E-state index in [-0.39, 0.29) is 15.8 Å². The zero-order chi connectivity index (χ0) is 18.7. The smallest absolute Gasteiger partial charge is 0.263 e. The van der Waals surface area contributed by atoms with E-state index in [4.69, 9.17) is 11.6 Å². The molecule has 0 aliphatic carbocycles. The number of nitrogens with zero attached hydrogens (tertiary/aromatic N) is 1. The van der Waals surface area contributed by atoms with E-state index in [2.05, 4.69) is 11.6 Å². The Balaban J connectivity index is 1.88. The topological polar surface area (TPSA) is 66.5 Å². The molecule has 26 heavy (non-hydrogen) atoms. The largest absolute Gasteiger partial charge is 0.338 e. The second-order valence-electron chi connectivity index (χ2n) is 6.62. The number of carbonyl (C=O) groups is 1. The first kappa shape index (κ1) is 18.7. The number of rotatable bonds is 4. The van der Waals surface area contributed by atoms with Crippen LogP contribution < -0.4 is 4.72 Å². The molecule has 1 N–H and O–H groups in total. The second kappa shape index (κ2) is 7.68. The molecule has 0 spiro atoms. The first-order chi connectivity index (χ1) is 12.4. The van der Waals surface area contributed by atoms with Crippen molar-refractivity contribution >= 4 is 33.2 Å². The Bertz CT molecular complexity index is 900. The highest BCUT2D eigenvalue weighted by Gasteiger charge is 2.25. The Morgan fingerprint density at radius 1 is 1.19 bits per heavy atom. The van der Waals surface area contributed by atoms with E-state index in [9.17, 15) is 13.2 Å². The molecule has 1 aliphatic rings. The molecule has 0 bridgehead atoms. The first-order valence-corrected chi connectivity index (χ1v) is 10.4. The Hall–Kier alpha value is -2.05. The molecule has 1 atom stereocenters. The minimum Gasteiger partial charge on any atom is -0.338 e. The lowest BCUT2D eigenvalue weighted by atomic mass is 9.99. The summed E-state index contributed by atoms with van der Waals surface area (Å²) in [5.74, 6) is 0.285. The average molecular weight is 393 g/mol. The summed E-state index contributed by atoms with van der Waals surface area (Å²) >= 11 is 6.12. The highest BCUT2D eigenvalue weighted by molar-refractivity contribution is 7.92. The molecule has 138 valence electrons. The van der Waals surface area contributed by atoms with Crippen LogP contribution in [0, 0.1) is 5.92 Å². The Morgan fingerprint density at radius 3 is 2.62 bits per heavy atom. The predicted octanol–water partition coefficient (Wildman–Crippen LogP) is 4.01. The molecule has 2 aromatic carbocycles. The fourth-order valence-electron chi connectivity index (χ4n) is 3.12. The minimum absolute atomic E-state index is 0.0805. The van der Waals surface area contributed by atoms with E-state index in [1.807, 2.05) is 0 Å². The fourth-order valence-corrected chi connectivity index (χ4v) is 4.70. The maximum absolute atomic E-state index is 12.8. The summed E-state index contributed by atoms with van der Waals surface area (Å²) in [5, 5.41) is 0.0805. The van der Waals surface area contributed by atoms with Gasteiger partial charge in [0.25, 0.3) is 15.9 Å². The molecule has 1 aliphatic heterocycles. The second-order valence-corrected chi connectivity index (χ2v) is 8.67. The Morgan fingerprint density at radius 2 is 1.92 bits per heavy atom. The molecule has 1 saturated heterocycles. The van der Waals surface area contributed by atoms with Crippen LogP contribution in [-0.4, -0.2) is 32.3 Å². The monoisotopic (exact) mass is 392 g/mol. The molecule has 0 saturated carbocycles. The third kappa shape index (κ3) is 4.19. The Kier molecular flexibility index (Phi) is 5.53. The van der Waals surface area contributed by atoms with Gasteiger partial charge in [0.2, 0.25) is 0 Å². The summed E-state index contributed by atoms with van der Waals surface area (Å²) < 4.78 is 27.9. The van der Waals surface area contributed by atoms with Crippen molar-refractivity contribution in [2.75, 3.05) is 17.8 Å². The van der Waals surface area contributed by atoms with E-state index in [0.717, 1.165) is 12.8 Å². The van der Waals surface area contributed by atoms with Crippen LogP contribution in [0.5, 0.6) is 0 Å². The molecule has 1 amide bonds. The third-order valence-electron chi connectivity index (χ3n) is 4.44. The summed E-state index contributed by atoms with van der Waals surface area (Å²) in [4.78, 5) is 14.4. The number of hydrogen-bond acceptors (Lipinski definition) is 3. The van der Waals surface area contributed by atoms with Gasteiger partial charge in [0.05, 0.1) is 5.02 Å². The van der Waals surface area contributed by atoms with Gasteiger partial charge in [-0.2, -0.15) is 0 Å². The van der Waals surface area contributed by atoms with Gasteiger partial charge in [-0.1, -0.05) is 36.7 Å². The highest BCUT2D eigenvalue weighted by atomic mass is 35.5. The minimum atomic E-state index is -3.89. The van der Waals surface area contributed by atoms with Crippen molar-refractivity contribution in [2.45, 2.75) is 24.7 Å². The lowest BCUT2D eigenvalue weighted by molar-refractivity contribution is 0.0683. The van der Waals surface area contributed by atoms with Crippen molar-refractivity contribution < 1.29 is 13.2 Å². The summed E-state index contributed by atoms with van der Waals surface area (Å²) in [5.41, 5.74) is 0.766. The van der Waals surface area contributed by atoms with E-state index >= 15 is 0 Å². The third-order valence-corrected chi connectivity index (χ3v) is 6.30. The van der Waals surface area contributed by atoms with Crippen LogP contribution in [0.25, 0.3) is 0 Å². The van der Waals surface area contributed by atoms with Gasteiger partial charge in [0.1, 0.15) is 4.90 Å². The molecule has 2 aromatic rings. The van der Waals surface area contributed by atoms with Crippen LogP contribution in [0.1, 0.15) is 30.1 Å². The van der Waals surface area contributed by atoms with Crippen LogP contribution in [0.4, 0.5) is 5.69 Å². The average Bonchev–Trinajstić information content (AvgIpc) is 2.62. The van der Waals surface area contributed by atoms with E-state index in [1.54, 1.807) is 41.3 Å². The lowest BCUT2D eigenvalue weighted by Crippen LogP contribution is -2.39. The van der Waals surface area contributed by atoms with Gasteiger partial charge in [-0.15, -0.1) is 0 Å². The summed E-state index contributed by atoms with van der Waals surface area (Å²) in [6, 6.07) is 12.9. The van der Waals surface area contributed by atoms with Crippen LogP contribution in [0.2, 0.25) is 5.02 Å². The SMILES string of the molecule is C[C@H]1CCCN(C(=O)c2ccc(Cl)c(S(=O)(=O)Nc3ccccc3)c2)C1. The van der Waals surface area contributed by atoms with Gasteiger partial charge < -0.3 is 4.90 Å². The van der Waals surface area contributed by atoms with Gasteiger partial charge in [-0.25, -0.2) is 8.42 Å². The van der Waals surface area contributed by atoms with Crippen molar-refractivity contribution in [2.24, 2.45) is 5.92 Å². The number of likely N-dealkylation sites (tertiary alicyclic amines) is 1. The number of anilines is 1. The highest BCUT2D eigenvalue weighted by Crippen LogP contribution is 2.26. The van der Waals surface area contributed by atoms with Crippen molar-refractivity contribution in [3.63, 3.8) is 0 Å². The van der Waals surface area contributed by atoms with E-state index in [1.165, 1.54) is 12.1 Å². The molecular weight excluding hydrogens is 372 g/mol. The van der Waals surface area contributed by atoms with Crippen molar-refractivity contribution in [3.05, 3.63) is 59.1 Å². The molecule has 5 nitrogen and oxygen atoms in total. The van der Waals surface area contributed by atoms with Crippen molar-refractivity contribution in [1.82, 2.24) is 4.90 Å². The number of hydrogen-bond donors (Lipinski definition) is 1. The van der Waals surface area contributed by atoms with Gasteiger partial charge in [-0.05, 0) is 49.1 Å². The number of benzene rings is 2. The van der Waals surface area contributed by atoms with Crippen LogP contribution in [0.3, 0.4) is 0 Å². The molecule has 0 aromatic heterocycles. The number of nitrogens with one attached hydrogen (secondary N) is 1. The number of carbonyl (C=O) groups excluding carboxylic acids is 1. The molecule has 1 fully saturated rings. The summed E-state index contributed by atoms with van der Waals surface area (Å²) in [7, 11) is -3.89. The van der Waals surface area contributed by atoms with Gasteiger partial charge in [0, 0.05) is 24.3 Å². The summed E-state index contributed by atoms with van der Waals surface area (Å²) in [6.45, 7) is 3.49. The van der Waals surface area contributed by atoms with E-state index in [0.29, 0.717) is 30.3 Å². The quantitative estimate of drug-likeness (QED) is 0.854. The van der Waals surface area contributed by atoms with Crippen molar-refractivity contribution in [3.8, 4) is 0 Å². The van der Waals surface area contributed by atoms with Crippen LogP contribution in [0.15, 0.2) is 53.4 Å². The van der Waals surface area contributed by atoms with Gasteiger partial charge in [-0.3, -0.25) is 9.52 Å². The first-order valence-electron chi connectivity index (χ1n) is 8.53. The molecule has 1 heterocycles. The number of halogens is 1. The van der Waals surface area contributed by atoms with Gasteiger partial charge in [0.15, 0.2) is 0 Å². The molecular formula is C19H21ClN2O3S. The lowest BCUT2D eigenvalue weighted by Gasteiger charge is -2.31.